The van der Waals surface area contributed by atoms with Crippen molar-refractivity contribution >= 4 is 114 Å². The lowest BCUT2D eigenvalue weighted by Crippen LogP contribution is -2.41. The van der Waals surface area contributed by atoms with Crippen LogP contribution >= 0.6 is 68.5 Å². The van der Waals surface area contributed by atoms with E-state index in [1.807, 2.05) is 114 Å². The summed E-state index contributed by atoms with van der Waals surface area (Å²) in [6.07, 6.45) is 6.91. The third-order valence-corrected chi connectivity index (χ3v) is 14.9. The minimum Gasteiger partial charge on any atom is -0.445 e. The molecule has 7 heterocycles. The summed E-state index contributed by atoms with van der Waals surface area (Å²) in [4.78, 5) is 39.9. The number of pyridine rings is 2. The van der Waals surface area contributed by atoms with Crippen molar-refractivity contribution in [3.63, 3.8) is 0 Å². The Morgan fingerprint density at radius 1 is 0.742 bits per heavy atom. The first-order chi connectivity index (χ1) is 29.6. The summed E-state index contributed by atoms with van der Waals surface area (Å²) in [6, 6.07) is 26.9. The molecule has 0 radical (unpaired) electrons. The van der Waals surface area contributed by atoms with Crippen LogP contribution in [0.5, 0.6) is 0 Å². The highest BCUT2D eigenvalue weighted by Gasteiger charge is 2.54. The molecule has 2 unspecified atom stereocenters. The molecule has 1 saturated heterocycles. The molecule has 3 aliphatic rings. The smallest absolute Gasteiger partial charge is 0.445 e. The van der Waals surface area contributed by atoms with Crippen LogP contribution in [0.2, 0.25) is 10.0 Å². The molecular weight excluding hydrogens is 977 g/mol. The molecule has 10 nitrogen and oxygen atoms in total. The topological polar surface area (TPSA) is 103 Å². The third kappa shape index (κ3) is 10.5. The van der Waals surface area contributed by atoms with Crippen molar-refractivity contribution in [1.29, 1.82) is 0 Å². The Kier molecular flexibility index (Phi) is 14.7. The molecule has 0 N–H and O–H groups in total. The van der Waals surface area contributed by atoms with Crippen LogP contribution in [-0.4, -0.2) is 75.4 Å². The molecule has 322 valence electrons. The van der Waals surface area contributed by atoms with Crippen molar-refractivity contribution < 1.29 is 28.4 Å². The van der Waals surface area contributed by atoms with E-state index in [0.717, 1.165) is 52.5 Å². The Morgan fingerprint density at radius 2 is 1.23 bits per heavy atom. The standard InChI is InChI=1S/C20H17ClN2O2S.C19H26BNO4.C7H3ClINS/c1-13-15(18-11-16-17(21)7-9-22-19(16)26-18)8-10-23(13)20(24)25-12-14-5-3-2-4-6-14;1-14-16(20-24-18(2,3)19(4,5)25-20)11-12-21(14)17(22)23-13-15-9-7-6-8-10-15;8-5-1-2-10-7-4(5)3-6(9)11-7/h2-9,11,13H,10,12H2,1H3;6-11,14H,12-13H2,1-5H3;1-3H. The molecule has 2 amide bonds. The lowest BCUT2D eigenvalue weighted by Gasteiger charge is -2.32. The monoisotopic (exact) mass is 1020 g/mol. The van der Waals surface area contributed by atoms with Gasteiger partial charge in [-0.1, -0.05) is 96.0 Å². The third-order valence-electron chi connectivity index (χ3n) is 11.3. The second-order valence-electron chi connectivity index (χ2n) is 15.9. The van der Waals surface area contributed by atoms with Gasteiger partial charge < -0.3 is 18.8 Å². The van der Waals surface area contributed by atoms with Gasteiger partial charge in [-0.15, -0.1) is 22.7 Å². The van der Waals surface area contributed by atoms with Gasteiger partial charge in [-0.3, -0.25) is 9.80 Å². The Balaban J connectivity index is 0.000000150. The number of benzene rings is 2. The van der Waals surface area contributed by atoms with E-state index in [1.54, 1.807) is 50.9 Å². The zero-order valence-corrected chi connectivity index (χ0v) is 40.4. The Morgan fingerprint density at radius 3 is 1.74 bits per heavy atom. The van der Waals surface area contributed by atoms with Crippen molar-refractivity contribution in [2.75, 3.05) is 13.1 Å². The lowest BCUT2D eigenvalue weighted by molar-refractivity contribution is 0.00578. The molecule has 9 rings (SSSR count). The predicted octanol–water partition coefficient (Wildman–Crippen LogP) is 12.5. The maximum absolute atomic E-state index is 12.5. The average Bonchev–Trinajstić information content (AvgIpc) is 4.07. The first-order valence-electron chi connectivity index (χ1n) is 20.1. The van der Waals surface area contributed by atoms with Crippen LogP contribution in [0.4, 0.5) is 9.59 Å². The lowest BCUT2D eigenvalue weighted by atomic mass is 9.75. The van der Waals surface area contributed by atoms with Crippen molar-refractivity contribution in [3.8, 4) is 0 Å². The zero-order valence-electron chi connectivity index (χ0n) is 35.1. The molecule has 0 bridgehead atoms. The van der Waals surface area contributed by atoms with Crippen molar-refractivity contribution in [3.05, 3.63) is 144 Å². The summed E-state index contributed by atoms with van der Waals surface area (Å²) < 4.78 is 24.3. The van der Waals surface area contributed by atoms with Crippen LogP contribution in [0.3, 0.4) is 0 Å². The van der Waals surface area contributed by atoms with Gasteiger partial charge in [-0.2, -0.15) is 0 Å². The highest BCUT2D eigenvalue weighted by molar-refractivity contribution is 14.1. The fourth-order valence-corrected chi connectivity index (χ4v) is 10.3. The number of rotatable bonds is 6. The van der Waals surface area contributed by atoms with E-state index in [-0.39, 0.29) is 48.7 Å². The number of nitrogens with zero attached hydrogens (tertiary/aromatic N) is 4. The van der Waals surface area contributed by atoms with Gasteiger partial charge in [0.25, 0.3) is 0 Å². The van der Waals surface area contributed by atoms with Crippen LogP contribution in [0.25, 0.3) is 26.0 Å². The minimum atomic E-state index is -0.424. The molecule has 0 saturated carbocycles. The second-order valence-corrected chi connectivity index (χ2v) is 20.6. The van der Waals surface area contributed by atoms with E-state index in [4.69, 9.17) is 42.0 Å². The number of aromatic nitrogens is 2. The summed E-state index contributed by atoms with van der Waals surface area (Å²) in [7, 11) is -0.424. The van der Waals surface area contributed by atoms with Crippen molar-refractivity contribution in [2.45, 2.75) is 78.0 Å². The number of hydrogen-bond donors (Lipinski definition) is 0. The first kappa shape index (κ1) is 46.0. The van der Waals surface area contributed by atoms with Gasteiger partial charge >= 0.3 is 19.3 Å². The molecule has 4 aromatic heterocycles. The van der Waals surface area contributed by atoms with Crippen molar-refractivity contribution in [2.24, 2.45) is 0 Å². The highest BCUT2D eigenvalue weighted by Crippen LogP contribution is 2.41. The summed E-state index contributed by atoms with van der Waals surface area (Å²) in [5.41, 5.74) is 3.27. The number of carbonyl (C=O) groups is 2. The normalized spacial score (nSPS) is 18.8. The maximum atomic E-state index is 12.5. The number of hydrogen-bond acceptors (Lipinski definition) is 10. The Labute approximate surface area is 394 Å². The van der Waals surface area contributed by atoms with Crippen LogP contribution in [-0.2, 0) is 32.0 Å². The molecule has 62 heavy (non-hydrogen) atoms. The van der Waals surface area contributed by atoms with Gasteiger partial charge in [0, 0.05) is 41.1 Å². The molecule has 16 heteroatoms. The number of fused-ring (bicyclic) bond motifs is 2. The summed E-state index contributed by atoms with van der Waals surface area (Å²) in [5, 5.41) is 3.49. The van der Waals surface area contributed by atoms with Gasteiger partial charge in [0.15, 0.2) is 0 Å². The number of halogens is 3. The average molecular weight is 1020 g/mol. The van der Waals surface area contributed by atoms with E-state index < -0.39 is 7.12 Å². The second kappa shape index (κ2) is 19.8. The molecule has 0 spiro atoms. The van der Waals surface area contributed by atoms with Crippen LogP contribution < -0.4 is 0 Å². The van der Waals surface area contributed by atoms with Crippen LogP contribution in [0.15, 0.2) is 115 Å². The van der Waals surface area contributed by atoms with Crippen molar-refractivity contribution in [1.82, 2.24) is 19.8 Å². The van der Waals surface area contributed by atoms with E-state index in [2.05, 4.69) is 50.8 Å². The van der Waals surface area contributed by atoms with E-state index in [0.29, 0.717) is 18.1 Å². The largest absolute Gasteiger partial charge is 0.492 e. The molecule has 3 aliphatic heterocycles. The first-order valence-corrected chi connectivity index (χ1v) is 23.5. The number of amides is 2. The molecule has 2 atom stereocenters. The molecule has 2 aromatic carbocycles. The van der Waals surface area contributed by atoms with Gasteiger partial charge in [-0.25, -0.2) is 19.6 Å². The predicted molar refractivity (Wildman–Crippen MR) is 260 cm³/mol. The number of thiophene rings is 2. The van der Waals surface area contributed by atoms with E-state index in [9.17, 15) is 9.59 Å². The number of carbonyl (C=O) groups excluding carboxylic acids is 2. The van der Waals surface area contributed by atoms with Gasteiger partial charge in [0.1, 0.15) is 22.9 Å². The molecule has 0 aliphatic carbocycles. The Bertz CT molecular complexity index is 2590. The Hall–Kier alpha value is -4.03. The maximum Gasteiger partial charge on any atom is 0.492 e. The van der Waals surface area contributed by atoms with E-state index >= 15 is 0 Å². The number of ether oxygens (including phenoxy) is 2. The summed E-state index contributed by atoms with van der Waals surface area (Å²) >= 11 is 17.7. The quantitative estimate of drug-likeness (QED) is 0.120. The van der Waals surface area contributed by atoms with Gasteiger partial charge in [0.2, 0.25) is 0 Å². The minimum absolute atomic E-state index is 0.0508. The van der Waals surface area contributed by atoms with Crippen LogP contribution in [0, 0.1) is 2.88 Å². The summed E-state index contributed by atoms with van der Waals surface area (Å²) in [6.45, 7) is 13.7. The molecule has 6 aromatic rings. The fraction of sp³-hybridized carbons (Fsp3) is 0.304. The van der Waals surface area contributed by atoms with Crippen LogP contribution in [0.1, 0.15) is 57.5 Å². The van der Waals surface area contributed by atoms with Gasteiger partial charge in [0.05, 0.1) is 36.2 Å². The van der Waals surface area contributed by atoms with Gasteiger partial charge in [-0.05, 0) is 111 Å². The SMILES string of the molecule is CC1C(B2OC(C)(C)C(C)(C)O2)=CCN1C(=O)OCc1ccccc1.CC1C(c2cc3c(Cl)ccnc3s2)=CCN1C(=O)OCc1ccccc1.Clc1ccnc2sc(I)cc12. The molecule has 1 fully saturated rings. The fourth-order valence-electron chi connectivity index (χ4n) is 6.98. The zero-order chi connectivity index (χ0) is 44.2. The summed E-state index contributed by atoms with van der Waals surface area (Å²) in [5.74, 6) is 0. The highest BCUT2D eigenvalue weighted by atomic mass is 127. The molecular formula is C46H46BCl2IN4O6S2. The van der Waals surface area contributed by atoms with E-state index in [1.165, 1.54) is 2.88 Å².